The van der Waals surface area contributed by atoms with E-state index in [2.05, 4.69) is 5.32 Å². The molecule has 29 heavy (non-hydrogen) atoms. The summed E-state index contributed by atoms with van der Waals surface area (Å²) >= 11 is 0. The van der Waals surface area contributed by atoms with Crippen LogP contribution in [0.4, 0.5) is 0 Å². The number of nitrogens with two attached hydrogens (primary N) is 1. The van der Waals surface area contributed by atoms with Crippen LogP contribution in [-0.4, -0.2) is 38.2 Å². The third-order valence-corrected chi connectivity index (χ3v) is 5.95. The summed E-state index contributed by atoms with van der Waals surface area (Å²) in [5.74, 6) is -0.386. The second-order valence-corrected chi connectivity index (χ2v) is 8.81. The normalized spacial score (nSPS) is 17.0. The molecule has 8 heteroatoms. The van der Waals surface area contributed by atoms with Crippen LogP contribution in [-0.2, 0) is 32.6 Å². The SMILES string of the molecule is NS(=O)(=O)c1cccc(CNC(=O)C2CCCN(C(=O)Cc3ccccc3)C2)c1. The third-order valence-electron chi connectivity index (χ3n) is 5.04. The summed E-state index contributed by atoms with van der Waals surface area (Å²) in [5.41, 5.74) is 1.61. The summed E-state index contributed by atoms with van der Waals surface area (Å²) in [6, 6.07) is 15.7. The number of nitrogens with one attached hydrogen (secondary N) is 1. The highest BCUT2D eigenvalue weighted by atomic mass is 32.2. The zero-order valence-corrected chi connectivity index (χ0v) is 16.9. The first kappa shape index (κ1) is 21.0. The first-order valence-electron chi connectivity index (χ1n) is 9.54. The molecule has 1 saturated heterocycles. The van der Waals surface area contributed by atoms with Gasteiger partial charge >= 0.3 is 0 Å². The van der Waals surface area contributed by atoms with Gasteiger partial charge in [-0.1, -0.05) is 42.5 Å². The lowest BCUT2D eigenvalue weighted by Crippen LogP contribution is -2.45. The molecule has 2 aromatic carbocycles. The van der Waals surface area contributed by atoms with Crippen LogP contribution in [0.25, 0.3) is 0 Å². The largest absolute Gasteiger partial charge is 0.352 e. The minimum absolute atomic E-state index is 0.0135. The molecule has 3 N–H and O–H groups in total. The topological polar surface area (TPSA) is 110 Å². The Bertz CT molecular complexity index is 976. The Morgan fingerprint density at radius 3 is 2.52 bits per heavy atom. The second-order valence-electron chi connectivity index (χ2n) is 7.25. The quantitative estimate of drug-likeness (QED) is 0.744. The predicted octanol–water partition coefficient (Wildman–Crippen LogP) is 1.43. The van der Waals surface area contributed by atoms with Crippen molar-refractivity contribution < 1.29 is 18.0 Å². The van der Waals surface area contributed by atoms with Crippen LogP contribution in [0, 0.1) is 5.92 Å². The van der Waals surface area contributed by atoms with Gasteiger partial charge in [0.05, 0.1) is 17.2 Å². The number of carbonyl (C=O) groups excluding carboxylic acids is 2. The summed E-state index contributed by atoms with van der Waals surface area (Å²) in [6.45, 7) is 1.26. The molecule has 0 spiro atoms. The lowest BCUT2D eigenvalue weighted by atomic mass is 9.96. The van der Waals surface area contributed by atoms with E-state index in [1.54, 1.807) is 17.0 Å². The van der Waals surface area contributed by atoms with Crippen LogP contribution in [0.15, 0.2) is 59.5 Å². The Kier molecular flexibility index (Phi) is 6.66. The molecule has 0 aliphatic carbocycles. The van der Waals surface area contributed by atoms with Crippen molar-refractivity contribution in [3.63, 3.8) is 0 Å². The fourth-order valence-corrected chi connectivity index (χ4v) is 4.05. The zero-order chi connectivity index (χ0) is 20.9. The number of carbonyl (C=O) groups is 2. The molecule has 1 fully saturated rings. The summed E-state index contributed by atoms with van der Waals surface area (Å²) in [7, 11) is -3.78. The molecule has 2 amide bonds. The van der Waals surface area contributed by atoms with Gasteiger partial charge in [-0.15, -0.1) is 0 Å². The van der Waals surface area contributed by atoms with E-state index in [0.717, 1.165) is 18.4 Å². The standard InChI is InChI=1S/C21H25N3O4S/c22-29(27,28)19-10-4-8-17(12-19)14-23-21(26)18-9-5-11-24(15-18)20(25)13-16-6-2-1-3-7-16/h1-4,6-8,10,12,18H,5,9,11,13-15H2,(H,23,26)(H2,22,27,28). The highest BCUT2D eigenvalue weighted by Crippen LogP contribution is 2.18. The van der Waals surface area contributed by atoms with Gasteiger partial charge in [0, 0.05) is 19.6 Å². The molecule has 3 rings (SSSR count). The van der Waals surface area contributed by atoms with E-state index in [0.29, 0.717) is 25.1 Å². The van der Waals surface area contributed by atoms with Crippen LogP contribution < -0.4 is 10.5 Å². The summed E-state index contributed by atoms with van der Waals surface area (Å²) < 4.78 is 22.9. The Morgan fingerprint density at radius 2 is 1.79 bits per heavy atom. The maximum absolute atomic E-state index is 12.6. The van der Waals surface area contributed by atoms with Crippen molar-refractivity contribution >= 4 is 21.8 Å². The molecule has 1 unspecified atom stereocenters. The Hall–Kier alpha value is -2.71. The fourth-order valence-electron chi connectivity index (χ4n) is 3.47. The molecule has 1 aliphatic rings. The molecular formula is C21H25N3O4S. The molecular weight excluding hydrogens is 390 g/mol. The van der Waals surface area contributed by atoms with E-state index >= 15 is 0 Å². The monoisotopic (exact) mass is 415 g/mol. The van der Waals surface area contributed by atoms with Crippen molar-refractivity contribution in [2.75, 3.05) is 13.1 Å². The number of benzene rings is 2. The van der Waals surface area contributed by atoms with Crippen molar-refractivity contribution in [2.45, 2.75) is 30.7 Å². The number of amides is 2. The highest BCUT2D eigenvalue weighted by Gasteiger charge is 2.28. The number of piperidine rings is 1. The second kappa shape index (κ2) is 9.19. The Labute approximate surface area is 171 Å². The van der Waals surface area contributed by atoms with Crippen LogP contribution in [0.5, 0.6) is 0 Å². The van der Waals surface area contributed by atoms with Gasteiger partial charge in [-0.2, -0.15) is 0 Å². The third kappa shape index (κ3) is 5.88. The van der Waals surface area contributed by atoms with Crippen molar-refractivity contribution in [3.8, 4) is 0 Å². The molecule has 0 aromatic heterocycles. The van der Waals surface area contributed by atoms with E-state index < -0.39 is 10.0 Å². The highest BCUT2D eigenvalue weighted by molar-refractivity contribution is 7.89. The zero-order valence-electron chi connectivity index (χ0n) is 16.1. The number of hydrogen-bond acceptors (Lipinski definition) is 4. The average molecular weight is 416 g/mol. The van der Waals surface area contributed by atoms with E-state index in [-0.39, 0.29) is 29.2 Å². The van der Waals surface area contributed by atoms with Gasteiger partial charge < -0.3 is 10.2 Å². The van der Waals surface area contributed by atoms with Crippen LogP contribution >= 0.6 is 0 Å². The number of rotatable bonds is 6. The molecule has 7 nitrogen and oxygen atoms in total. The lowest BCUT2D eigenvalue weighted by molar-refractivity contribution is -0.135. The smallest absolute Gasteiger partial charge is 0.238 e. The van der Waals surface area contributed by atoms with Gasteiger partial charge in [0.1, 0.15) is 0 Å². The lowest BCUT2D eigenvalue weighted by Gasteiger charge is -2.32. The molecule has 0 radical (unpaired) electrons. The average Bonchev–Trinajstić information content (AvgIpc) is 2.72. The van der Waals surface area contributed by atoms with E-state index in [9.17, 15) is 18.0 Å². The molecule has 0 saturated carbocycles. The fraction of sp³-hybridized carbons (Fsp3) is 0.333. The van der Waals surface area contributed by atoms with Gasteiger partial charge in [-0.25, -0.2) is 13.6 Å². The van der Waals surface area contributed by atoms with Crippen LogP contribution in [0.2, 0.25) is 0 Å². The van der Waals surface area contributed by atoms with Crippen LogP contribution in [0.3, 0.4) is 0 Å². The molecule has 154 valence electrons. The van der Waals surface area contributed by atoms with Gasteiger partial charge in [-0.05, 0) is 36.1 Å². The maximum atomic E-state index is 12.6. The summed E-state index contributed by atoms with van der Waals surface area (Å²) in [4.78, 5) is 26.9. The number of likely N-dealkylation sites (tertiary alicyclic amines) is 1. The van der Waals surface area contributed by atoms with Crippen molar-refractivity contribution in [3.05, 3.63) is 65.7 Å². The summed E-state index contributed by atoms with van der Waals surface area (Å²) in [6.07, 6.45) is 1.83. The van der Waals surface area contributed by atoms with Gasteiger partial charge in [0.2, 0.25) is 21.8 Å². The molecule has 2 aromatic rings. The maximum Gasteiger partial charge on any atom is 0.238 e. The van der Waals surface area contributed by atoms with Gasteiger partial charge in [0.25, 0.3) is 0 Å². The molecule has 1 atom stereocenters. The summed E-state index contributed by atoms with van der Waals surface area (Å²) in [5, 5.41) is 7.99. The molecule has 1 heterocycles. The van der Waals surface area contributed by atoms with Gasteiger partial charge in [0.15, 0.2) is 0 Å². The van der Waals surface area contributed by atoms with Crippen molar-refractivity contribution in [1.29, 1.82) is 0 Å². The first-order chi connectivity index (χ1) is 13.8. The Morgan fingerprint density at radius 1 is 1.07 bits per heavy atom. The van der Waals surface area contributed by atoms with Crippen LogP contribution in [0.1, 0.15) is 24.0 Å². The molecule has 1 aliphatic heterocycles. The predicted molar refractivity (Wildman–Crippen MR) is 109 cm³/mol. The number of hydrogen-bond donors (Lipinski definition) is 2. The van der Waals surface area contributed by atoms with Crippen molar-refractivity contribution in [1.82, 2.24) is 10.2 Å². The van der Waals surface area contributed by atoms with E-state index in [1.807, 2.05) is 30.3 Å². The minimum Gasteiger partial charge on any atom is -0.352 e. The number of sulfonamides is 1. The Balaban J connectivity index is 1.55. The van der Waals surface area contributed by atoms with E-state index in [4.69, 9.17) is 5.14 Å². The van der Waals surface area contributed by atoms with Crippen molar-refractivity contribution in [2.24, 2.45) is 11.1 Å². The number of primary sulfonamides is 1. The number of nitrogens with zero attached hydrogens (tertiary/aromatic N) is 1. The first-order valence-corrected chi connectivity index (χ1v) is 11.1. The molecule has 0 bridgehead atoms. The van der Waals surface area contributed by atoms with E-state index in [1.165, 1.54) is 12.1 Å². The van der Waals surface area contributed by atoms with Gasteiger partial charge in [-0.3, -0.25) is 9.59 Å². The minimum atomic E-state index is -3.78.